The van der Waals surface area contributed by atoms with Gasteiger partial charge in [-0.2, -0.15) is 0 Å². The minimum atomic E-state index is 0.681. The second-order valence-electron chi connectivity index (χ2n) is 5.38. The van der Waals surface area contributed by atoms with Crippen molar-refractivity contribution in [3.05, 3.63) is 35.7 Å². The maximum Gasteiger partial charge on any atom is 0.0890 e. The predicted molar refractivity (Wildman–Crippen MR) is 68.1 cm³/mol. The lowest BCUT2D eigenvalue weighted by Gasteiger charge is -2.25. The van der Waals surface area contributed by atoms with Crippen molar-refractivity contribution < 1.29 is 0 Å². The van der Waals surface area contributed by atoms with Crippen molar-refractivity contribution in [2.75, 3.05) is 0 Å². The van der Waals surface area contributed by atoms with E-state index in [1.807, 2.05) is 0 Å². The molecule has 0 amide bonds. The third kappa shape index (κ3) is 1.40. The number of aromatic nitrogens is 2. The first-order valence-electron chi connectivity index (χ1n) is 6.68. The van der Waals surface area contributed by atoms with E-state index in [1.165, 1.54) is 43.5 Å². The molecule has 86 valence electrons. The van der Waals surface area contributed by atoms with Gasteiger partial charge in [-0.15, -0.1) is 0 Å². The van der Waals surface area contributed by atoms with Crippen LogP contribution in [0, 0.1) is 0 Å². The van der Waals surface area contributed by atoms with Crippen molar-refractivity contribution in [2.45, 2.75) is 43.9 Å². The monoisotopic (exact) mass is 224 g/mol. The van der Waals surface area contributed by atoms with Gasteiger partial charge in [-0.1, -0.05) is 18.6 Å². The number of rotatable bonds is 0. The highest BCUT2D eigenvalue weighted by Gasteiger charge is 2.32. The highest BCUT2D eigenvalue weighted by molar-refractivity contribution is 5.74. The molecule has 2 aromatic rings. The molecule has 1 fully saturated rings. The first-order valence-corrected chi connectivity index (χ1v) is 6.68. The molecular formula is C15H16N2. The Labute approximate surface area is 101 Å². The summed E-state index contributed by atoms with van der Waals surface area (Å²) in [6, 6.07) is 8.28. The Balaban J connectivity index is 2.01. The fourth-order valence-corrected chi connectivity index (χ4v) is 3.48. The minimum absolute atomic E-state index is 0.681. The van der Waals surface area contributed by atoms with Crippen LogP contribution in [0.1, 0.15) is 55.3 Å². The van der Waals surface area contributed by atoms with Gasteiger partial charge in [0.05, 0.1) is 22.4 Å². The van der Waals surface area contributed by atoms with Gasteiger partial charge in [-0.25, -0.2) is 9.97 Å². The molecule has 2 nitrogen and oxygen atoms in total. The zero-order chi connectivity index (χ0) is 11.2. The lowest BCUT2D eigenvalue weighted by molar-refractivity contribution is 0.505. The molecule has 1 heterocycles. The van der Waals surface area contributed by atoms with Crippen LogP contribution >= 0.6 is 0 Å². The van der Waals surface area contributed by atoms with Crippen LogP contribution in [-0.2, 0) is 0 Å². The normalized spacial score (nSPS) is 26.8. The smallest absolute Gasteiger partial charge is 0.0890 e. The summed E-state index contributed by atoms with van der Waals surface area (Å²) in [7, 11) is 0. The number of nitrogens with zero attached hydrogens (tertiary/aromatic N) is 2. The van der Waals surface area contributed by atoms with Gasteiger partial charge in [0, 0.05) is 11.8 Å². The van der Waals surface area contributed by atoms with E-state index in [0.29, 0.717) is 11.8 Å². The average molecular weight is 224 g/mol. The zero-order valence-electron chi connectivity index (χ0n) is 9.89. The molecule has 1 saturated carbocycles. The Hall–Kier alpha value is -1.44. The van der Waals surface area contributed by atoms with Crippen LogP contribution in [0.5, 0.6) is 0 Å². The summed E-state index contributed by atoms with van der Waals surface area (Å²) in [4.78, 5) is 9.79. The quantitative estimate of drug-likeness (QED) is 0.680. The third-order valence-electron chi connectivity index (χ3n) is 4.37. The van der Waals surface area contributed by atoms with Crippen molar-refractivity contribution in [3.63, 3.8) is 0 Å². The first kappa shape index (κ1) is 9.58. The van der Waals surface area contributed by atoms with Gasteiger partial charge in [0.1, 0.15) is 0 Å². The second kappa shape index (κ2) is 3.52. The van der Waals surface area contributed by atoms with Crippen LogP contribution < -0.4 is 0 Å². The van der Waals surface area contributed by atoms with Gasteiger partial charge >= 0.3 is 0 Å². The van der Waals surface area contributed by atoms with Crippen molar-refractivity contribution in [1.29, 1.82) is 0 Å². The Morgan fingerprint density at radius 2 is 1.29 bits per heavy atom. The summed E-state index contributed by atoms with van der Waals surface area (Å²) >= 11 is 0. The van der Waals surface area contributed by atoms with E-state index in [-0.39, 0.29) is 0 Å². The van der Waals surface area contributed by atoms with E-state index in [9.17, 15) is 0 Å². The van der Waals surface area contributed by atoms with Crippen LogP contribution in [0.25, 0.3) is 11.0 Å². The summed E-state index contributed by atoms with van der Waals surface area (Å²) in [5.41, 5.74) is 4.77. The van der Waals surface area contributed by atoms with Gasteiger partial charge in [-0.05, 0) is 37.8 Å². The lowest BCUT2D eigenvalue weighted by atomic mass is 9.84. The summed E-state index contributed by atoms with van der Waals surface area (Å²) in [5.74, 6) is 1.36. The van der Waals surface area contributed by atoms with Crippen LogP contribution in [0.4, 0.5) is 0 Å². The Morgan fingerprint density at radius 3 is 1.82 bits per heavy atom. The molecule has 2 bridgehead atoms. The Bertz CT molecular complexity index is 522. The van der Waals surface area contributed by atoms with Gasteiger partial charge in [0.15, 0.2) is 0 Å². The molecule has 3 aliphatic rings. The molecule has 3 aliphatic carbocycles. The molecule has 0 radical (unpaired) electrons. The lowest BCUT2D eigenvalue weighted by Crippen LogP contribution is -2.14. The molecule has 5 rings (SSSR count). The number of benzene rings is 1. The molecule has 2 heteroatoms. The zero-order valence-corrected chi connectivity index (χ0v) is 9.89. The third-order valence-corrected chi connectivity index (χ3v) is 4.37. The fraction of sp³-hybridized carbons (Fsp3) is 0.467. The molecular weight excluding hydrogens is 208 g/mol. The van der Waals surface area contributed by atoms with Crippen LogP contribution in [0.2, 0.25) is 0 Å². The molecule has 0 aliphatic heterocycles. The van der Waals surface area contributed by atoms with Crippen LogP contribution in [0.3, 0.4) is 0 Å². The topological polar surface area (TPSA) is 25.8 Å². The van der Waals surface area contributed by atoms with Crippen molar-refractivity contribution in [3.8, 4) is 0 Å². The first-order chi connectivity index (χ1) is 8.42. The molecule has 2 atom stereocenters. The molecule has 0 saturated heterocycles. The SMILES string of the molecule is c1ccc2nc3c(nc2c1)C1CCCC3CC1. The van der Waals surface area contributed by atoms with E-state index in [4.69, 9.17) is 9.97 Å². The number of para-hydroxylation sites is 2. The van der Waals surface area contributed by atoms with Gasteiger partial charge in [-0.3, -0.25) is 0 Å². The van der Waals surface area contributed by atoms with Crippen LogP contribution in [-0.4, -0.2) is 9.97 Å². The largest absolute Gasteiger partial charge is 0.249 e. The molecule has 1 aromatic carbocycles. The maximum absolute atomic E-state index is 4.90. The molecule has 2 unspecified atom stereocenters. The van der Waals surface area contributed by atoms with E-state index < -0.39 is 0 Å². The Kier molecular flexibility index (Phi) is 1.99. The molecule has 0 spiro atoms. The van der Waals surface area contributed by atoms with Crippen molar-refractivity contribution in [2.24, 2.45) is 0 Å². The number of hydrogen-bond donors (Lipinski definition) is 0. The predicted octanol–water partition coefficient (Wildman–Crippen LogP) is 3.77. The molecule has 0 N–H and O–H groups in total. The standard InChI is InChI=1S/C15H16N2/c1-2-7-13-12(6-1)16-14-10-4-3-5-11(9-8-10)15(14)17-13/h1-2,6-7,10-11H,3-5,8-9H2. The van der Waals surface area contributed by atoms with Crippen molar-refractivity contribution in [1.82, 2.24) is 9.97 Å². The minimum Gasteiger partial charge on any atom is -0.249 e. The van der Waals surface area contributed by atoms with E-state index in [0.717, 1.165) is 11.0 Å². The number of hydrogen-bond acceptors (Lipinski definition) is 2. The van der Waals surface area contributed by atoms with E-state index in [1.54, 1.807) is 0 Å². The summed E-state index contributed by atoms with van der Waals surface area (Å²) in [5, 5.41) is 0. The second-order valence-corrected chi connectivity index (χ2v) is 5.38. The highest BCUT2D eigenvalue weighted by Crippen LogP contribution is 2.45. The highest BCUT2D eigenvalue weighted by atomic mass is 14.9. The fourth-order valence-electron chi connectivity index (χ4n) is 3.48. The molecule has 1 aromatic heterocycles. The Morgan fingerprint density at radius 1 is 0.765 bits per heavy atom. The van der Waals surface area contributed by atoms with Crippen molar-refractivity contribution >= 4 is 11.0 Å². The molecule has 17 heavy (non-hydrogen) atoms. The van der Waals surface area contributed by atoms with E-state index in [2.05, 4.69) is 24.3 Å². The number of fused-ring (bicyclic) bond motifs is 4. The van der Waals surface area contributed by atoms with E-state index >= 15 is 0 Å². The summed E-state index contributed by atoms with van der Waals surface area (Å²) < 4.78 is 0. The maximum atomic E-state index is 4.90. The van der Waals surface area contributed by atoms with Gasteiger partial charge in [0.2, 0.25) is 0 Å². The average Bonchev–Trinajstić information content (AvgIpc) is 2.71. The summed E-state index contributed by atoms with van der Waals surface area (Å²) in [6.07, 6.45) is 6.63. The van der Waals surface area contributed by atoms with Gasteiger partial charge in [0.25, 0.3) is 0 Å². The van der Waals surface area contributed by atoms with Gasteiger partial charge < -0.3 is 0 Å². The summed E-state index contributed by atoms with van der Waals surface area (Å²) in [6.45, 7) is 0. The van der Waals surface area contributed by atoms with Crippen LogP contribution in [0.15, 0.2) is 24.3 Å².